The van der Waals surface area contributed by atoms with Gasteiger partial charge in [0.25, 0.3) is 5.91 Å². The standard InChI is InChI=1S/C18H19BrN6O3/c1-27-14-4-2-13(3-5-14)25-17(20-21-22-25)12-23-8-10-24(11-9-23)18(26)15-6-7-16(19)28-15/h2-7H,8-12H2,1H3. The number of ether oxygens (including phenoxy) is 1. The van der Waals surface area contributed by atoms with E-state index in [9.17, 15) is 4.79 Å². The minimum Gasteiger partial charge on any atom is -0.497 e. The fraction of sp³-hybridized carbons (Fsp3) is 0.333. The monoisotopic (exact) mass is 446 g/mol. The number of benzene rings is 1. The van der Waals surface area contributed by atoms with E-state index < -0.39 is 0 Å². The van der Waals surface area contributed by atoms with Crippen molar-refractivity contribution in [3.05, 3.63) is 52.7 Å². The molecule has 0 radical (unpaired) electrons. The highest BCUT2D eigenvalue weighted by Crippen LogP contribution is 2.18. The Hall–Kier alpha value is -2.72. The molecule has 0 spiro atoms. The van der Waals surface area contributed by atoms with E-state index in [1.165, 1.54) is 0 Å². The molecule has 0 unspecified atom stereocenters. The molecule has 3 aromatic rings. The van der Waals surface area contributed by atoms with Crippen molar-refractivity contribution in [3.63, 3.8) is 0 Å². The second-order valence-electron chi connectivity index (χ2n) is 6.38. The number of hydrogen-bond acceptors (Lipinski definition) is 7. The Morgan fingerprint density at radius 2 is 1.89 bits per heavy atom. The predicted molar refractivity (Wildman–Crippen MR) is 103 cm³/mol. The van der Waals surface area contributed by atoms with Gasteiger partial charge in [0.1, 0.15) is 5.75 Å². The number of tetrazole rings is 1. The zero-order valence-electron chi connectivity index (χ0n) is 15.3. The van der Waals surface area contributed by atoms with Gasteiger partial charge in [0.05, 0.1) is 19.3 Å². The van der Waals surface area contributed by atoms with Gasteiger partial charge in [0, 0.05) is 26.2 Å². The Bertz CT molecular complexity index is 946. The summed E-state index contributed by atoms with van der Waals surface area (Å²) in [5.41, 5.74) is 0.873. The maximum atomic E-state index is 12.5. The molecule has 0 aliphatic carbocycles. The van der Waals surface area contributed by atoms with Crippen LogP contribution in [0.4, 0.5) is 0 Å². The van der Waals surface area contributed by atoms with E-state index in [1.807, 2.05) is 24.3 Å². The third-order valence-electron chi connectivity index (χ3n) is 4.66. The first-order chi connectivity index (χ1) is 13.6. The van der Waals surface area contributed by atoms with Gasteiger partial charge in [-0.25, -0.2) is 0 Å². The molecule has 0 atom stereocenters. The number of nitrogens with zero attached hydrogens (tertiary/aromatic N) is 6. The molecule has 0 saturated carbocycles. The quantitative estimate of drug-likeness (QED) is 0.591. The molecular formula is C18H19BrN6O3. The average Bonchev–Trinajstić information content (AvgIpc) is 3.37. The van der Waals surface area contributed by atoms with E-state index in [1.54, 1.807) is 28.8 Å². The van der Waals surface area contributed by atoms with Gasteiger partial charge in [0.2, 0.25) is 0 Å². The molecule has 1 aliphatic rings. The summed E-state index contributed by atoms with van der Waals surface area (Å²) in [5.74, 6) is 1.79. The number of carbonyl (C=O) groups excluding carboxylic acids is 1. The molecule has 3 heterocycles. The normalized spacial score (nSPS) is 15.0. The van der Waals surface area contributed by atoms with Crippen LogP contribution in [0.2, 0.25) is 0 Å². The lowest BCUT2D eigenvalue weighted by Gasteiger charge is -2.33. The summed E-state index contributed by atoms with van der Waals surface area (Å²) in [6, 6.07) is 11.0. The van der Waals surface area contributed by atoms with Gasteiger partial charge < -0.3 is 14.1 Å². The Labute approximate surface area is 170 Å². The van der Waals surface area contributed by atoms with Gasteiger partial charge in [-0.2, -0.15) is 4.68 Å². The second-order valence-corrected chi connectivity index (χ2v) is 7.16. The fourth-order valence-corrected chi connectivity index (χ4v) is 3.43. The van der Waals surface area contributed by atoms with Crippen LogP contribution in [0.1, 0.15) is 16.4 Å². The Kier molecular flexibility index (Phi) is 5.40. The van der Waals surface area contributed by atoms with Gasteiger partial charge >= 0.3 is 0 Å². The number of methoxy groups -OCH3 is 1. The molecule has 2 aromatic heterocycles. The fourth-order valence-electron chi connectivity index (χ4n) is 3.12. The minimum atomic E-state index is -0.0894. The molecule has 9 nitrogen and oxygen atoms in total. The molecule has 28 heavy (non-hydrogen) atoms. The number of carbonyl (C=O) groups is 1. The van der Waals surface area contributed by atoms with Gasteiger partial charge in [-0.15, -0.1) is 5.10 Å². The Morgan fingerprint density at radius 1 is 1.14 bits per heavy atom. The molecule has 146 valence electrons. The Morgan fingerprint density at radius 3 is 2.54 bits per heavy atom. The number of amides is 1. The van der Waals surface area contributed by atoms with Gasteiger partial charge in [-0.3, -0.25) is 9.69 Å². The SMILES string of the molecule is COc1ccc(-n2nnnc2CN2CCN(C(=O)c3ccc(Br)o3)CC2)cc1. The molecular weight excluding hydrogens is 428 g/mol. The van der Waals surface area contributed by atoms with Gasteiger partial charge in [0.15, 0.2) is 16.3 Å². The Balaban J connectivity index is 1.38. The molecule has 0 N–H and O–H groups in total. The van der Waals surface area contributed by atoms with E-state index >= 15 is 0 Å². The predicted octanol–water partition coefficient (Wildman–Crippen LogP) is 1.98. The van der Waals surface area contributed by atoms with Crippen molar-refractivity contribution < 1.29 is 13.9 Å². The van der Waals surface area contributed by atoms with E-state index in [-0.39, 0.29) is 5.91 Å². The number of furan rings is 1. The summed E-state index contributed by atoms with van der Waals surface area (Å²) in [6.07, 6.45) is 0. The highest BCUT2D eigenvalue weighted by atomic mass is 79.9. The third-order valence-corrected chi connectivity index (χ3v) is 5.09. The molecule has 1 aromatic carbocycles. The summed E-state index contributed by atoms with van der Waals surface area (Å²) in [7, 11) is 1.63. The summed E-state index contributed by atoms with van der Waals surface area (Å²) in [5, 5.41) is 12.1. The molecule has 1 aliphatic heterocycles. The van der Waals surface area contributed by atoms with Crippen molar-refractivity contribution in [1.29, 1.82) is 0 Å². The van der Waals surface area contributed by atoms with Crippen molar-refractivity contribution in [2.75, 3.05) is 33.3 Å². The zero-order valence-corrected chi connectivity index (χ0v) is 16.9. The van der Waals surface area contributed by atoms with Gasteiger partial charge in [-0.05, 0) is 62.8 Å². The van der Waals surface area contributed by atoms with Gasteiger partial charge in [-0.1, -0.05) is 0 Å². The first-order valence-electron chi connectivity index (χ1n) is 8.82. The molecule has 1 saturated heterocycles. The second kappa shape index (κ2) is 8.11. The van der Waals surface area contributed by atoms with Crippen molar-refractivity contribution in [2.24, 2.45) is 0 Å². The lowest BCUT2D eigenvalue weighted by molar-refractivity contribution is 0.0592. The van der Waals surface area contributed by atoms with Crippen LogP contribution >= 0.6 is 15.9 Å². The van der Waals surface area contributed by atoms with Crippen LogP contribution in [0.3, 0.4) is 0 Å². The average molecular weight is 447 g/mol. The van der Waals surface area contributed by atoms with Crippen LogP contribution in [0.25, 0.3) is 5.69 Å². The highest BCUT2D eigenvalue weighted by molar-refractivity contribution is 9.10. The van der Waals surface area contributed by atoms with Crippen LogP contribution in [-0.2, 0) is 6.54 Å². The van der Waals surface area contributed by atoms with Crippen molar-refractivity contribution in [3.8, 4) is 11.4 Å². The summed E-state index contributed by atoms with van der Waals surface area (Å²) >= 11 is 3.23. The number of halogens is 1. The maximum Gasteiger partial charge on any atom is 0.289 e. The van der Waals surface area contributed by atoms with Crippen molar-refractivity contribution in [1.82, 2.24) is 30.0 Å². The van der Waals surface area contributed by atoms with Crippen LogP contribution in [0.5, 0.6) is 5.75 Å². The lowest BCUT2D eigenvalue weighted by atomic mass is 10.2. The number of rotatable bonds is 5. The van der Waals surface area contributed by atoms with Crippen molar-refractivity contribution >= 4 is 21.8 Å². The molecule has 1 amide bonds. The van der Waals surface area contributed by atoms with Crippen LogP contribution in [0, 0.1) is 0 Å². The zero-order chi connectivity index (χ0) is 19.5. The van der Waals surface area contributed by atoms with Crippen LogP contribution in [0.15, 0.2) is 45.5 Å². The third kappa shape index (κ3) is 3.92. The number of aromatic nitrogens is 4. The van der Waals surface area contributed by atoms with E-state index in [2.05, 4.69) is 36.4 Å². The summed E-state index contributed by atoms with van der Waals surface area (Å²) < 4.78 is 12.8. The van der Waals surface area contributed by atoms with E-state index in [0.717, 1.165) is 30.4 Å². The topological polar surface area (TPSA) is 89.5 Å². The largest absolute Gasteiger partial charge is 0.497 e. The van der Waals surface area contributed by atoms with Crippen molar-refractivity contribution in [2.45, 2.75) is 6.54 Å². The molecule has 4 rings (SSSR count). The first kappa shape index (κ1) is 18.6. The summed E-state index contributed by atoms with van der Waals surface area (Å²) in [4.78, 5) is 16.5. The molecule has 0 bridgehead atoms. The smallest absolute Gasteiger partial charge is 0.289 e. The van der Waals surface area contributed by atoms with Crippen LogP contribution < -0.4 is 4.74 Å². The molecule has 1 fully saturated rings. The first-order valence-corrected chi connectivity index (χ1v) is 9.62. The number of piperazine rings is 1. The van der Waals surface area contributed by atoms with E-state index in [4.69, 9.17) is 9.15 Å². The molecule has 10 heteroatoms. The maximum absolute atomic E-state index is 12.5. The lowest BCUT2D eigenvalue weighted by Crippen LogP contribution is -2.48. The number of hydrogen-bond donors (Lipinski definition) is 0. The summed E-state index contributed by atoms with van der Waals surface area (Å²) in [6.45, 7) is 3.34. The van der Waals surface area contributed by atoms with E-state index in [0.29, 0.717) is 30.1 Å². The highest BCUT2D eigenvalue weighted by Gasteiger charge is 2.25. The van der Waals surface area contributed by atoms with Crippen LogP contribution in [-0.4, -0.2) is 69.2 Å². The minimum absolute atomic E-state index is 0.0894.